The maximum absolute atomic E-state index is 12.5. The van der Waals surface area contributed by atoms with Gasteiger partial charge in [-0.25, -0.2) is 4.98 Å². The van der Waals surface area contributed by atoms with E-state index in [4.69, 9.17) is 11.6 Å². The lowest BCUT2D eigenvalue weighted by atomic mass is 10.1. The van der Waals surface area contributed by atoms with E-state index in [-0.39, 0.29) is 5.56 Å². The molecule has 4 heteroatoms. The molecule has 1 aromatic heterocycles. The van der Waals surface area contributed by atoms with E-state index >= 15 is 0 Å². The Morgan fingerprint density at radius 2 is 1.65 bits per heavy atom. The summed E-state index contributed by atoms with van der Waals surface area (Å²) in [7, 11) is 0. The molecule has 0 atom stereocenters. The highest BCUT2D eigenvalue weighted by atomic mass is 35.5. The number of halogens is 1. The second-order valence-corrected chi connectivity index (χ2v) is 6.07. The molecule has 1 heterocycles. The van der Waals surface area contributed by atoms with Gasteiger partial charge in [0.25, 0.3) is 5.56 Å². The van der Waals surface area contributed by atoms with Crippen LogP contribution in [0.4, 0.5) is 0 Å². The van der Waals surface area contributed by atoms with Crippen LogP contribution in [0.25, 0.3) is 11.4 Å². The molecule has 0 aliphatic carbocycles. The number of rotatable bonds is 3. The van der Waals surface area contributed by atoms with Crippen LogP contribution in [0.5, 0.6) is 0 Å². The largest absolute Gasteiger partial charge is 0.288 e. The molecule has 0 aliphatic rings. The Labute approximate surface area is 140 Å². The highest BCUT2D eigenvalue weighted by Gasteiger charge is 2.10. The van der Waals surface area contributed by atoms with E-state index in [1.165, 1.54) is 5.56 Å². The van der Waals surface area contributed by atoms with Crippen LogP contribution < -0.4 is 5.56 Å². The van der Waals surface area contributed by atoms with Crippen molar-refractivity contribution in [3.8, 4) is 11.4 Å². The lowest BCUT2D eigenvalue weighted by Gasteiger charge is -2.13. The van der Waals surface area contributed by atoms with Crippen LogP contribution in [0.1, 0.15) is 16.8 Å². The minimum atomic E-state index is -0.0528. The van der Waals surface area contributed by atoms with Gasteiger partial charge in [-0.2, -0.15) is 0 Å². The minimum absolute atomic E-state index is 0.0528. The summed E-state index contributed by atoms with van der Waals surface area (Å²) in [5.74, 6) is 0.685. The average Bonchev–Trinajstić information content (AvgIpc) is 2.52. The van der Waals surface area contributed by atoms with Gasteiger partial charge < -0.3 is 0 Å². The number of aromatic nitrogens is 2. The number of hydrogen-bond donors (Lipinski definition) is 0. The van der Waals surface area contributed by atoms with Crippen molar-refractivity contribution in [2.45, 2.75) is 20.4 Å². The zero-order valence-electron chi connectivity index (χ0n) is 13.1. The Morgan fingerprint density at radius 3 is 2.30 bits per heavy atom. The summed E-state index contributed by atoms with van der Waals surface area (Å²) in [6.45, 7) is 4.34. The second kappa shape index (κ2) is 6.39. The summed E-state index contributed by atoms with van der Waals surface area (Å²) in [5.41, 5.74) is 3.79. The number of hydrogen-bond acceptors (Lipinski definition) is 2. The Hall–Kier alpha value is -2.39. The predicted molar refractivity (Wildman–Crippen MR) is 94.0 cm³/mol. The van der Waals surface area contributed by atoms with Crippen LogP contribution in [0.15, 0.2) is 59.4 Å². The fourth-order valence-corrected chi connectivity index (χ4v) is 2.59. The Bertz CT molecular complexity index is 881. The standard InChI is InChI=1S/C19H17ClN2O/c1-13-3-7-16(8-4-13)19-21-14(2)11-18(23)22(19)12-15-5-9-17(20)10-6-15/h3-11H,12H2,1-2H3. The van der Waals surface area contributed by atoms with Gasteiger partial charge in [-0.1, -0.05) is 53.6 Å². The van der Waals surface area contributed by atoms with Gasteiger partial charge in [-0.3, -0.25) is 9.36 Å². The summed E-state index contributed by atoms with van der Waals surface area (Å²) in [6.07, 6.45) is 0. The molecule has 3 rings (SSSR count). The third kappa shape index (κ3) is 3.51. The zero-order chi connectivity index (χ0) is 16.4. The van der Waals surface area contributed by atoms with E-state index in [0.717, 1.165) is 16.8 Å². The van der Waals surface area contributed by atoms with E-state index < -0.39 is 0 Å². The van der Waals surface area contributed by atoms with Gasteiger partial charge in [-0.15, -0.1) is 0 Å². The zero-order valence-corrected chi connectivity index (χ0v) is 13.8. The third-order valence-electron chi connectivity index (χ3n) is 3.70. The molecule has 0 saturated heterocycles. The van der Waals surface area contributed by atoms with Gasteiger partial charge in [0.1, 0.15) is 5.82 Å². The molecule has 0 unspecified atom stereocenters. The van der Waals surface area contributed by atoms with Gasteiger partial charge in [0.2, 0.25) is 0 Å². The van der Waals surface area contributed by atoms with Crippen LogP contribution >= 0.6 is 11.6 Å². The normalized spacial score (nSPS) is 10.7. The molecule has 0 radical (unpaired) electrons. The highest BCUT2D eigenvalue weighted by Crippen LogP contribution is 2.18. The maximum Gasteiger partial charge on any atom is 0.254 e. The van der Waals surface area contributed by atoms with E-state index in [1.807, 2.05) is 62.4 Å². The maximum atomic E-state index is 12.5. The van der Waals surface area contributed by atoms with Gasteiger partial charge in [-0.05, 0) is 31.5 Å². The fourth-order valence-electron chi connectivity index (χ4n) is 2.47. The first-order chi connectivity index (χ1) is 11.0. The molecule has 116 valence electrons. The van der Waals surface area contributed by atoms with Crippen LogP contribution in [-0.4, -0.2) is 9.55 Å². The fraction of sp³-hybridized carbons (Fsp3) is 0.158. The van der Waals surface area contributed by atoms with Crippen LogP contribution in [0.3, 0.4) is 0 Å². The number of aryl methyl sites for hydroxylation is 2. The lowest BCUT2D eigenvalue weighted by molar-refractivity contribution is 0.742. The van der Waals surface area contributed by atoms with Gasteiger partial charge in [0.15, 0.2) is 0 Å². The van der Waals surface area contributed by atoms with E-state index in [0.29, 0.717) is 17.4 Å². The van der Waals surface area contributed by atoms with Crippen molar-refractivity contribution >= 4 is 11.6 Å². The SMILES string of the molecule is Cc1ccc(-c2nc(C)cc(=O)n2Cc2ccc(Cl)cc2)cc1. The Kier molecular flexibility index (Phi) is 4.30. The molecular formula is C19H17ClN2O. The Morgan fingerprint density at radius 1 is 1.00 bits per heavy atom. The molecule has 0 bridgehead atoms. The van der Waals surface area contributed by atoms with E-state index in [9.17, 15) is 4.79 Å². The quantitative estimate of drug-likeness (QED) is 0.722. The highest BCUT2D eigenvalue weighted by molar-refractivity contribution is 6.30. The topological polar surface area (TPSA) is 34.9 Å². The van der Waals surface area contributed by atoms with Crippen LogP contribution in [0, 0.1) is 13.8 Å². The summed E-state index contributed by atoms with van der Waals surface area (Å²) in [4.78, 5) is 17.1. The molecule has 0 spiro atoms. The molecule has 3 aromatic rings. The molecule has 0 amide bonds. The molecule has 2 aromatic carbocycles. The molecule has 0 saturated carbocycles. The van der Waals surface area contributed by atoms with Crippen molar-refractivity contribution in [1.29, 1.82) is 0 Å². The first-order valence-corrected chi connectivity index (χ1v) is 7.81. The van der Waals surface area contributed by atoms with E-state index in [2.05, 4.69) is 4.98 Å². The van der Waals surface area contributed by atoms with Crippen molar-refractivity contribution in [3.63, 3.8) is 0 Å². The smallest absolute Gasteiger partial charge is 0.254 e. The van der Waals surface area contributed by atoms with Crippen LogP contribution in [-0.2, 0) is 6.54 Å². The summed E-state index contributed by atoms with van der Waals surface area (Å²) < 4.78 is 1.70. The van der Waals surface area contributed by atoms with Gasteiger partial charge >= 0.3 is 0 Å². The summed E-state index contributed by atoms with van der Waals surface area (Å²) >= 11 is 5.93. The predicted octanol–water partition coefficient (Wildman–Crippen LogP) is 4.23. The minimum Gasteiger partial charge on any atom is -0.288 e. The average molecular weight is 325 g/mol. The molecule has 0 fully saturated rings. The third-order valence-corrected chi connectivity index (χ3v) is 3.95. The van der Waals surface area contributed by atoms with E-state index in [1.54, 1.807) is 10.6 Å². The second-order valence-electron chi connectivity index (χ2n) is 5.64. The van der Waals surface area contributed by atoms with Crippen molar-refractivity contribution in [2.75, 3.05) is 0 Å². The molecule has 0 N–H and O–H groups in total. The molecule has 3 nitrogen and oxygen atoms in total. The van der Waals surface area contributed by atoms with Crippen molar-refractivity contribution in [2.24, 2.45) is 0 Å². The Balaban J connectivity index is 2.10. The number of nitrogens with zero attached hydrogens (tertiary/aromatic N) is 2. The van der Waals surface area contributed by atoms with Crippen LogP contribution in [0.2, 0.25) is 5.02 Å². The number of benzene rings is 2. The van der Waals surface area contributed by atoms with Crippen molar-refractivity contribution < 1.29 is 0 Å². The summed E-state index contributed by atoms with van der Waals surface area (Å²) in [5, 5.41) is 0.682. The van der Waals surface area contributed by atoms with Crippen molar-refractivity contribution in [3.05, 3.63) is 86.8 Å². The molecule has 0 aliphatic heterocycles. The molecular weight excluding hydrogens is 308 g/mol. The van der Waals surface area contributed by atoms with Crippen molar-refractivity contribution in [1.82, 2.24) is 9.55 Å². The summed E-state index contributed by atoms with van der Waals surface area (Å²) in [6, 6.07) is 17.1. The van der Waals surface area contributed by atoms with Gasteiger partial charge in [0, 0.05) is 22.3 Å². The molecule has 23 heavy (non-hydrogen) atoms. The lowest BCUT2D eigenvalue weighted by Crippen LogP contribution is -2.23. The van der Waals surface area contributed by atoms with Gasteiger partial charge in [0.05, 0.1) is 6.54 Å². The first-order valence-electron chi connectivity index (χ1n) is 7.43. The monoisotopic (exact) mass is 324 g/mol. The first kappa shape index (κ1) is 15.5.